The third-order valence-electron chi connectivity index (χ3n) is 3.16. The average molecular weight is 346 g/mol. The van der Waals surface area contributed by atoms with E-state index in [2.05, 4.69) is 20.6 Å². The fourth-order valence-corrected chi connectivity index (χ4v) is 3.43. The maximum absolute atomic E-state index is 12.6. The summed E-state index contributed by atoms with van der Waals surface area (Å²) >= 11 is 0. The number of hydrogen-bond donors (Lipinski definition) is 1. The Morgan fingerprint density at radius 1 is 1.12 bits per heavy atom. The number of nitrogens with one attached hydrogen (secondary N) is 1. The maximum atomic E-state index is 12.6. The highest BCUT2D eigenvalue weighted by Gasteiger charge is 2.28. The molecular formula is C14H10N4O5S. The molecule has 0 saturated carbocycles. The molecule has 0 radical (unpaired) electrons. The molecule has 9 nitrogen and oxygen atoms in total. The number of aromatic amines is 1. The summed E-state index contributed by atoms with van der Waals surface area (Å²) in [5.41, 5.74) is 0.0840. The lowest BCUT2D eigenvalue weighted by Gasteiger charge is -2.03. The summed E-state index contributed by atoms with van der Waals surface area (Å²) in [4.78, 5) is 23.9. The highest BCUT2D eigenvalue weighted by Crippen LogP contribution is 2.25. The van der Waals surface area contributed by atoms with Crippen LogP contribution in [0.5, 0.6) is 0 Å². The van der Waals surface area contributed by atoms with E-state index in [1.165, 1.54) is 18.2 Å². The molecule has 0 unspecified atom stereocenters. The number of Topliss-reactive ketones (excluding diaryl/α,β-unsaturated/α-hetero) is 2. The van der Waals surface area contributed by atoms with Crippen LogP contribution in [-0.2, 0) is 21.1 Å². The molecule has 1 N–H and O–H groups in total. The third-order valence-corrected chi connectivity index (χ3v) is 4.90. The number of tetrazole rings is 1. The zero-order valence-corrected chi connectivity index (χ0v) is 12.9. The van der Waals surface area contributed by atoms with E-state index in [0.717, 1.165) is 6.26 Å². The van der Waals surface area contributed by atoms with Gasteiger partial charge in [0.25, 0.3) is 5.78 Å². The van der Waals surface area contributed by atoms with E-state index >= 15 is 0 Å². The highest BCUT2D eigenvalue weighted by molar-refractivity contribution is 7.91. The molecule has 24 heavy (non-hydrogen) atoms. The van der Waals surface area contributed by atoms with Crippen molar-refractivity contribution in [3.8, 4) is 0 Å². The molecule has 3 aromatic rings. The number of aromatic nitrogens is 4. The molecule has 10 heteroatoms. The zero-order valence-electron chi connectivity index (χ0n) is 12.0. The number of nitrogens with zero attached hydrogens (tertiary/aromatic N) is 3. The Hall–Kier alpha value is -3.14. The monoisotopic (exact) mass is 346 g/mol. The van der Waals surface area contributed by atoms with Crippen LogP contribution in [0.15, 0.2) is 57.1 Å². The van der Waals surface area contributed by atoms with Crippen molar-refractivity contribution in [3.05, 3.63) is 54.0 Å². The molecule has 0 aliphatic rings. The van der Waals surface area contributed by atoms with Crippen molar-refractivity contribution in [1.29, 1.82) is 0 Å². The van der Waals surface area contributed by atoms with Crippen LogP contribution in [0.2, 0.25) is 0 Å². The van der Waals surface area contributed by atoms with Crippen LogP contribution in [0.4, 0.5) is 0 Å². The van der Waals surface area contributed by atoms with Gasteiger partial charge in [-0.05, 0) is 23.4 Å². The van der Waals surface area contributed by atoms with Gasteiger partial charge in [-0.15, -0.1) is 10.2 Å². The Balaban J connectivity index is 1.89. The maximum Gasteiger partial charge on any atom is 0.269 e. The molecule has 0 fully saturated rings. The molecule has 0 aliphatic heterocycles. The van der Waals surface area contributed by atoms with Crippen LogP contribution in [0.25, 0.3) is 0 Å². The Kier molecular flexibility index (Phi) is 4.04. The number of benzene rings is 1. The Morgan fingerprint density at radius 2 is 1.88 bits per heavy atom. The average Bonchev–Trinajstić information content (AvgIpc) is 3.26. The van der Waals surface area contributed by atoms with E-state index in [-0.39, 0.29) is 21.4 Å². The molecule has 2 aromatic heterocycles. The number of carbonyl (C=O) groups is 2. The quantitative estimate of drug-likeness (QED) is 0.507. The van der Waals surface area contributed by atoms with Crippen LogP contribution in [0.3, 0.4) is 0 Å². The number of sulfone groups is 1. The summed E-state index contributed by atoms with van der Waals surface area (Å²) in [6.45, 7) is 0. The van der Waals surface area contributed by atoms with Crippen molar-refractivity contribution in [2.24, 2.45) is 0 Å². The Bertz CT molecular complexity index is 977. The van der Waals surface area contributed by atoms with Gasteiger partial charge in [0.05, 0.1) is 11.2 Å². The fraction of sp³-hybridized carbons (Fsp3) is 0.0714. The summed E-state index contributed by atoms with van der Waals surface area (Å²) in [6, 6.07) is 8.97. The molecular weight excluding hydrogens is 336 g/mol. The van der Waals surface area contributed by atoms with Crippen LogP contribution in [-0.4, -0.2) is 40.6 Å². The third kappa shape index (κ3) is 2.86. The second-order valence-electron chi connectivity index (χ2n) is 4.71. The predicted octanol–water partition coefficient (Wildman–Crippen LogP) is 0.620. The lowest BCUT2D eigenvalue weighted by atomic mass is 10.1. The number of hydrogen-bond acceptors (Lipinski definition) is 8. The minimum atomic E-state index is -3.93. The summed E-state index contributed by atoms with van der Waals surface area (Å²) in [7, 11) is -3.93. The fourth-order valence-electron chi connectivity index (χ4n) is 2.03. The van der Waals surface area contributed by atoms with Crippen LogP contribution in [0, 0.1) is 0 Å². The van der Waals surface area contributed by atoms with Gasteiger partial charge in [-0.3, -0.25) is 9.59 Å². The van der Waals surface area contributed by atoms with Crippen molar-refractivity contribution < 1.29 is 22.4 Å². The van der Waals surface area contributed by atoms with Gasteiger partial charge in [0.15, 0.2) is 0 Å². The van der Waals surface area contributed by atoms with Crippen molar-refractivity contribution in [1.82, 2.24) is 20.6 Å². The summed E-state index contributed by atoms with van der Waals surface area (Å²) in [5, 5.41) is 11.7. The van der Waals surface area contributed by atoms with Gasteiger partial charge in [-0.1, -0.05) is 18.2 Å². The van der Waals surface area contributed by atoms with Crippen molar-refractivity contribution in [2.75, 3.05) is 0 Å². The summed E-state index contributed by atoms with van der Waals surface area (Å²) < 4.78 is 30.2. The zero-order chi connectivity index (χ0) is 17.2. The summed E-state index contributed by atoms with van der Waals surface area (Å²) in [6.07, 6.45) is 0.697. The molecule has 2 heterocycles. The van der Waals surface area contributed by atoms with E-state index < -0.39 is 27.8 Å². The number of rotatable bonds is 6. The summed E-state index contributed by atoms with van der Waals surface area (Å²) in [5.74, 6) is -2.22. The lowest BCUT2D eigenvalue weighted by Crippen LogP contribution is -2.19. The first-order valence-electron chi connectivity index (χ1n) is 6.67. The van der Waals surface area contributed by atoms with E-state index in [1.807, 2.05) is 0 Å². The molecule has 0 amide bonds. The second kappa shape index (κ2) is 6.16. The highest BCUT2D eigenvalue weighted by atomic mass is 32.2. The molecule has 3 rings (SSSR count). The standard InChI is InChI=1S/C14H10N4O5S/c19-11(12(20)13-15-17-18-16-13)8-9-6-7-23-14(9)24(21,22)10-4-2-1-3-5-10/h1-7H,8H2,(H,15,16,17,18). The molecule has 0 saturated heterocycles. The Labute approximate surface area is 135 Å². The first-order valence-corrected chi connectivity index (χ1v) is 8.16. The Morgan fingerprint density at radius 3 is 2.54 bits per heavy atom. The molecule has 0 bridgehead atoms. The van der Waals surface area contributed by atoms with Gasteiger partial charge < -0.3 is 4.42 Å². The topological polar surface area (TPSA) is 136 Å². The number of H-pyrrole nitrogens is 1. The van der Waals surface area contributed by atoms with Crippen molar-refractivity contribution >= 4 is 21.4 Å². The van der Waals surface area contributed by atoms with Crippen LogP contribution in [0.1, 0.15) is 16.2 Å². The van der Waals surface area contributed by atoms with Gasteiger partial charge in [0, 0.05) is 12.0 Å². The second-order valence-corrected chi connectivity index (χ2v) is 6.56. The number of ketones is 2. The van der Waals surface area contributed by atoms with Gasteiger partial charge >= 0.3 is 0 Å². The molecule has 0 aliphatic carbocycles. The van der Waals surface area contributed by atoms with Gasteiger partial charge in [0.1, 0.15) is 0 Å². The van der Waals surface area contributed by atoms with Crippen molar-refractivity contribution in [2.45, 2.75) is 16.4 Å². The molecule has 0 spiro atoms. The normalized spacial score (nSPS) is 11.3. The van der Waals surface area contributed by atoms with E-state index in [4.69, 9.17) is 4.42 Å². The SMILES string of the molecule is O=C(Cc1ccoc1S(=O)(=O)c1ccccc1)C(=O)c1nn[nH]n1. The minimum Gasteiger partial charge on any atom is -0.452 e. The van der Waals surface area contributed by atoms with E-state index in [9.17, 15) is 18.0 Å². The van der Waals surface area contributed by atoms with Crippen LogP contribution >= 0.6 is 0 Å². The molecule has 122 valence electrons. The largest absolute Gasteiger partial charge is 0.452 e. The predicted molar refractivity (Wildman–Crippen MR) is 77.8 cm³/mol. The van der Waals surface area contributed by atoms with Gasteiger partial charge in [-0.25, -0.2) is 8.42 Å². The smallest absolute Gasteiger partial charge is 0.269 e. The number of furan rings is 1. The van der Waals surface area contributed by atoms with Gasteiger partial charge in [-0.2, -0.15) is 5.21 Å². The molecule has 1 aromatic carbocycles. The first kappa shape index (κ1) is 15.7. The minimum absolute atomic E-state index is 0.0261. The first-order chi connectivity index (χ1) is 11.5. The van der Waals surface area contributed by atoms with Gasteiger partial charge in [0.2, 0.25) is 26.5 Å². The van der Waals surface area contributed by atoms with Crippen molar-refractivity contribution in [3.63, 3.8) is 0 Å². The van der Waals surface area contributed by atoms with Crippen LogP contribution < -0.4 is 0 Å². The lowest BCUT2D eigenvalue weighted by molar-refractivity contribution is -0.114. The molecule has 0 atom stereocenters. The van der Waals surface area contributed by atoms with E-state index in [1.54, 1.807) is 18.2 Å². The van der Waals surface area contributed by atoms with E-state index in [0.29, 0.717) is 0 Å². The number of carbonyl (C=O) groups excluding carboxylic acids is 2.